The standard InChI is InChI=1S/C11H15Cl2N3O/c1-6-4-7(14)2-3-16(6)11(17)9-5-8(12)10(13)15-9/h5-7,15H,2-4,14H2,1H3/t6-,7+/m1/s1. The van der Waals surface area contributed by atoms with Gasteiger partial charge in [-0.25, -0.2) is 0 Å². The minimum Gasteiger partial charge on any atom is -0.340 e. The highest BCUT2D eigenvalue weighted by Crippen LogP contribution is 2.24. The molecule has 1 amide bonds. The van der Waals surface area contributed by atoms with Gasteiger partial charge in [-0.3, -0.25) is 4.79 Å². The Kier molecular flexibility index (Phi) is 3.66. The van der Waals surface area contributed by atoms with Gasteiger partial charge in [-0.05, 0) is 25.8 Å². The van der Waals surface area contributed by atoms with Crippen LogP contribution in [0.3, 0.4) is 0 Å². The minimum absolute atomic E-state index is 0.0711. The maximum absolute atomic E-state index is 12.2. The van der Waals surface area contributed by atoms with Crippen molar-refractivity contribution in [1.82, 2.24) is 9.88 Å². The highest BCUT2D eigenvalue weighted by Gasteiger charge is 2.28. The van der Waals surface area contributed by atoms with E-state index >= 15 is 0 Å². The van der Waals surface area contributed by atoms with Gasteiger partial charge in [0.2, 0.25) is 0 Å². The third kappa shape index (κ3) is 2.59. The van der Waals surface area contributed by atoms with Gasteiger partial charge in [0.25, 0.3) is 5.91 Å². The van der Waals surface area contributed by atoms with Crippen molar-refractivity contribution in [3.8, 4) is 0 Å². The molecule has 0 spiro atoms. The van der Waals surface area contributed by atoms with E-state index in [1.165, 1.54) is 0 Å². The molecule has 1 aliphatic heterocycles. The molecular weight excluding hydrogens is 261 g/mol. The lowest BCUT2D eigenvalue weighted by Gasteiger charge is -2.36. The summed E-state index contributed by atoms with van der Waals surface area (Å²) in [5.74, 6) is -0.0711. The van der Waals surface area contributed by atoms with Crippen LogP contribution < -0.4 is 5.73 Å². The molecule has 2 heterocycles. The predicted molar refractivity (Wildman–Crippen MR) is 68.5 cm³/mol. The number of piperidine rings is 1. The number of hydrogen-bond donors (Lipinski definition) is 2. The summed E-state index contributed by atoms with van der Waals surface area (Å²) in [6, 6.07) is 1.89. The summed E-state index contributed by atoms with van der Waals surface area (Å²) in [5.41, 5.74) is 6.30. The van der Waals surface area contributed by atoms with Gasteiger partial charge in [-0.15, -0.1) is 0 Å². The highest BCUT2D eigenvalue weighted by atomic mass is 35.5. The Bertz CT molecular complexity index is 413. The van der Waals surface area contributed by atoms with Crippen LogP contribution in [0.5, 0.6) is 0 Å². The monoisotopic (exact) mass is 275 g/mol. The number of halogens is 2. The lowest BCUT2D eigenvalue weighted by atomic mass is 9.99. The van der Waals surface area contributed by atoms with E-state index in [9.17, 15) is 4.79 Å². The minimum atomic E-state index is -0.0711. The Balaban J connectivity index is 2.14. The first-order valence-electron chi connectivity index (χ1n) is 5.59. The van der Waals surface area contributed by atoms with Crippen molar-refractivity contribution < 1.29 is 4.79 Å². The number of nitrogens with two attached hydrogens (primary N) is 1. The van der Waals surface area contributed by atoms with Gasteiger partial charge < -0.3 is 15.6 Å². The van der Waals surface area contributed by atoms with E-state index in [-0.39, 0.29) is 18.0 Å². The number of carbonyl (C=O) groups excluding carboxylic acids is 1. The number of amides is 1. The van der Waals surface area contributed by atoms with Crippen molar-refractivity contribution in [2.75, 3.05) is 6.54 Å². The molecule has 17 heavy (non-hydrogen) atoms. The van der Waals surface area contributed by atoms with Crippen LogP contribution in [0.1, 0.15) is 30.3 Å². The lowest BCUT2D eigenvalue weighted by molar-refractivity contribution is 0.0613. The van der Waals surface area contributed by atoms with Crippen LogP contribution in [-0.2, 0) is 0 Å². The number of rotatable bonds is 1. The van der Waals surface area contributed by atoms with Crippen LogP contribution in [0.4, 0.5) is 0 Å². The molecule has 0 aliphatic carbocycles. The fourth-order valence-corrected chi connectivity index (χ4v) is 2.50. The summed E-state index contributed by atoms with van der Waals surface area (Å²) >= 11 is 11.6. The number of H-pyrrole nitrogens is 1. The molecule has 0 bridgehead atoms. The maximum Gasteiger partial charge on any atom is 0.270 e. The van der Waals surface area contributed by atoms with Gasteiger partial charge in [0, 0.05) is 18.6 Å². The molecule has 0 unspecified atom stereocenters. The summed E-state index contributed by atoms with van der Waals surface area (Å²) in [6.07, 6.45) is 1.66. The Labute approximate surface area is 110 Å². The molecule has 1 aliphatic rings. The fourth-order valence-electron chi connectivity index (χ4n) is 2.18. The van der Waals surface area contributed by atoms with Crippen molar-refractivity contribution in [2.45, 2.75) is 31.8 Å². The van der Waals surface area contributed by atoms with Crippen LogP contribution in [0.15, 0.2) is 6.07 Å². The molecule has 1 fully saturated rings. The predicted octanol–water partition coefficient (Wildman–Crippen LogP) is 2.27. The van der Waals surface area contributed by atoms with E-state index in [1.807, 2.05) is 11.8 Å². The molecule has 0 saturated carbocycles. The number of likely N-dealkylation sites (tertiary alicyclic amines) is 1. The maximum atomic E-state index is 12.2. The molecule has 1 saturated heterocycles. The van der Waals surface area contributed by atoms with Crippen molar-refractivity contribution in [3.05, 3.63) is 21.9 Å². The molecule has 0 radical (unpaired) electrons. The summed E-state index contributed by atoms with van der Waals surface area (Å²) in [6.45, 7) is 2.68. The first-order chi connectivity index (χ1) is 7.99. The number of nitrogens with one attached hydrogen (secondary N) is 1. The third-order valence-corrected chi connectivity index (χ3v) is 3.83. The number of carbonyl (C=O) groups is 1. The Morgan fingerprint density at radius 1 is 1.59 bits per heavy atom. The van der Waals surface area contributed by atoms with Crippen molar-refractivity contribution in [1.29, 1.82) is 0 Å². The van der Waals surface area contributed by atoms with Crippen LogP contribution >= 0.6 is 23.2 Å². The fraction of sp³-hybridized carbons (Fsp3) is 0.545. The number of hydrogen-bond acceptors (Lipinski definition) is 2. The van der Waals surface area contributed by atoms with Gasteiger partial charge in [0.1, 0.15) is 10.8 Å². The van der Waals surface area contributed by atoms with Gasteiger partial charge in [0.05, 0.1) is 5.02 Å². The molecule has 0 aromatic carbocycles. The van der Waals surface area contributed by atoms with Gasteiger partial charge in [-0.1, -0.05) is 23.2 Å². The first kappa shape index (κ1) is 12.7. The molecule has 6 heteroatoms. The number of aromatic nitrogens is 1. The summed E-state index contributed by atoms with van der Waals surface area (Å²) in [5, 5.41) is 0.674. The van der Waals surface area contributed by atoms with E-state index < -0.39 is 0 Å². The molecular formula is C11H15Cl2N3O. The second-order valence-corrected chi connectivity index (χ2v) is 5.26. The zero-order valence-corrected chi connectivity index (χ0v) is 11.1. The third-order valence-electron chi connectivity index (χ3n) is 3.13. The van der Waals surface area contributed by atoms with E-state index in [0.29, 0.717) is 22.4 Å². The smallest absolute Gasteiger partial charge is 0.270 e. The second-order valence-electron chi connectivity index (χ2n) is 4.48. The zero-order valence-electron chi connectivity index (χ0n) is 9.54. The highest BCUT2D eigenvalue weighted by molar-refractivity contribution is 6.41. The summed E-state index contributed by atoms with van der Waals surface area (Å²) in [4.78, 5) is 16.8. The van der Waals surface area contributed by atoms with Gasteiger partial charge in [-0.2, -0.15) is 0 Å². The first-order valence-corrected chi connectivity index (χ1v) is 6.35. The molecule has 94 valence electrons. The van der Waals surface area contributed by atoms with Gasteiger partial charge >= 0.3 is 0 Å². The Morgan fingerprint density at radius 3 is 2.82 bits per heavy atom. The Morgan fingerprint density at radius 2 is 2.29 bits per heavy atom. The second kappa shape index (κ2) is 4.88. The lowest BCUT2D eigenvalue weighted by Crippen LogP contribution is -2.48. The largest absolute Gasteiger partial charge is 0.340 e. The van der Waals surface area contributed by atoms with Crippen molar-refractivity contribution >= 4 is 29.1 Å². The van der Waals surface area contributed by atoms with Crippen molar-refractivity contribution in [2.24, 2.45) is 5.73 Å². The zero-order chi connectivity index (χ0) is 12.6. The molecule has 1 aromatic rings. The van der Waals surface area contributed by atoms with Crippen LogP contribution in [-0.4, -0.2) is 34.4 Å². The molecule has 2 atom stereocenters. The van der Waals surface area contributed by atoms with Crippen LogP contribution in [0, 0.1) is 0 Å². The summed E-state index contributed by atoms with van der Waals surface area (Å²) < 4.78 is 0. The number of aromatic amines is 1. The topological polar surface area (TPSA) is 62.1 Å². The van der Waals surface area contributed by atoms with E-state index in [0.717, 1.165) is 12.8 Å². The summed E-state index contributed by atoms with van der Waals surface area (Å²) in [7, 11) is 0. The quantitative estimate of drug-likeness (QED) is 0.826. The molecule has 1 aromatic heterocycles. The SMILES string of the molecule is C[C@@H]1C[C@@H](N)CCN1C(=O)c1cc(Cl)c(Cl)[nH]1. The van der Waals surface area contributed by atoms with E-state index in [1.54, 1.807) is 6.07 Å². The normalized spacial score (nSPS) is 25.1. The average Bonchev–Trinajstić information content (AvgIpc) is 2.58. The number of nitrogens with zero attached hydrogens (tertiary/aromatic N) is 1. The van der Waals surface area contributed by atoms with Crippen LogP contribution in [0.2, 0.25) is 10.2 Å². The molecule has 3 N–H and O–H groups in total. The van der Waals surface area contributed by atoms with Crippen molar-refractivity contribution in [3.63, 3.8) is 0 Å². The molecule has 2 rings (SSSR count). The van der Waals surface area contributed by atoms with Crippen LogP contribution in [0.25, 0.3) is 0 Å². The van der Waals surface area contributed by atoms with E-state index in [2.05, 4.69) is 4.98 Å². The van der Waals surface area contributed by atoms with Gasteiger partial charge in [0.15, 0.2) is 0 Å². The van der Waals surface area contributed by atoms with E-state index in [4.69, 9.17) is 28.9 Å². The average molecular weight is 276 g/mol. The molecule has 4 nitrogen and oxygen atoms in total. The Hall–Kier alpha value is -0.710.